The molecule has 0 radical (unpaired) electrons. The van der Waals surface area contributed by atoms with Crippen molar-refractivity contribution >= 4 is 23.5 Å². The van der Waals surface area contributed by atoms with Gasteiger partial charge in [-0.3, -0.25) is 14.5 Å². The Kier molecular flexibility index (Phi) is 5.61. The highest BCUT2D eigenvalue weighted by Crippen LogP contribution is 2.11. The summed E-state index contributed by atoms with van der Waals surface area (Å²) in [7, 11) is 1.30. The first-order valence-corrected chi connectivity index (χ1v) is 5.71. The van der Waals surface area contributed by atoms with E-state index in [1.54, 1.807) is 17.0 Å². The number of benzene rings is 1. The van der Waals surface area contributed by atoms with Gasteiger partial charge in [0, 0.05) is 11.6 Å². The highest BCUT2D eigenvalue weighted by molar-refractivity contribution is 6.30. The summed E-state index contributed by atoms with van der Waals surface area (Å²) in [5, 5.41) is 0.633. The van der Waals surface area contributed by atoms with Crippen LogP contribution < -0.4 is 5.73 Å². The first kappa shape index (κ1) is 14.5. The summed E-state index contributed by atoms with van der Waals surface area (Å²) in [6.07, 6.45) is 0. The summed E-state index contributed by atoms with van der Waals surface area (Å²) in [4.78, 5) is 23.8. The molecule has 98 valence electrons. The number of methoxy groups -OCH3 is 1. The SMILES string of the molecule is COC(=O)CN(CC(N)=O)Cc1ccc(Cl)cc1. The molecule has 1 amide bonds. The number of hydrogen-bond acceptors (Lipinski definition) is 4. The Morgan fingerprint density at radius 2 is 1.89 bits per heavy atom. The minimum absolute atomic E-state index is 0.00226. The standard InChI is InChI=1S/C12H15ClN2O3/c1-18-12(17)8-15(7-11(14)16)6-9-2-4-10(13)5-3-9/h2-5H,6-8H2,1H3,(H2,14,16). The molecule has 6 heteroatoms. The second-order valence-electron chi connectivity index (χ2n) is 3.81. The quantitative estimate of drug-likeness (QED) is 0.776. The number of hydrogen-bond donors (Lipinski definition) is 1. The van der Waals surface area contributed by atoms with Gasteiger partial charge in [0.25, 0.3) is 0 Å². The normalized spacial score (nSPS) is 10.4. The van der Waals surface area contributed by atoms with Gasteiger partial charge in [0.2, 0.25) is 5.91 Å². The molecule has 0 fully saturated rings. The van der Waals surface area contributed by atoms with Gasteiger partial charge in [-0.2, -0.15) is 0 Å². The number of primary amides is 1. The maximum Gasteiger partial charge on any atom is 0.319 e. The van der Waals surface area contributed by atoms with E-state index in [9.17, 15) is 9.59 Å². The van der Waals surface area contributed by atoms with Gasteiger partial charge in [0.1, 0.15) is 0 Å². The van der Waals surface area contributed by atoms with E-state index < -0.39 is 11.9 Å². The van der Waals surface area contributed by atoms with Crippen molar-refractivity contribution in [2.75, 3.05) is 20.2 Å². The zero-order valence-corrected chi connectivity index (χ0v) is 10.8. The molecule has 0 unspecified atom stereocenters. The van der Waals surface area contributed by atoms with Crippen LogP contribution in [0.5, 0.6) is 0 Å². The van der Waals surface area contributed by atoms with Gasteiger partial charge in [0.05, 0.1) is 20.2 Å². The summed E-state index contributed by atoms with van der Waals surface area (Å²) in [5.74, 6) is -0.905. The van der Waals surface area contributed by atoms with Gasteiger partial charge in [-0.1, -0.05) is 23.7 Å². The van der Waals surface area contributed by atoms with Crippen LogP contribution in [0.15, 0.2) is 24.3 Å². The lowest BCUT2D eigenvalue weighted by atomic mass is 10.2. The largest absolute Gasteiger partial charge is 0.468 e. The lowest BCUT2D eigenvalue weighted by molar-refractivity contribution is -0.142. The van der Waals surface area contributed by atoms with Gasteiger partial charge in [-0.15, -0.1) is 0 Å². The number of halogens is 1. The smallest absolute Gasteiger partial charge is 0.319 e. The molecular weight excluding hydrogens is 256 g/mol. The Morgan fingerprint density at radius 1 is 1.28 bits per heavy atom. The second kappa shape index (κ2) is 6.98. The fraction of sp³-hybridized carbons (Fsp3) is 0.333. The average Bonchev–Trinajstić information content (AvgIpc) is 2.31. The Morgan fingerprint density at radius 3 is 2.39 bits per heavy atom. The molecule has 0 spiro atoms. The maximum atomic E-state index is 11.2. The Hall–Kier alpha value is -1.59. The monoisotopic (exact) mass is 270 g/mol. The lowest BCUT2D eigenvalue weighted by Gasteiger charge is -2.19. The van der Waals surface area contributed by atoms with Crippen molar-refractivity contribution in [3.63, 3.8) is 0 Å². The van der Waals surface area contributed by atoms with Crippen LogP contribution in [0.2, 0.25) is 5.02 Å². The number of carbonyl (C=O) groups excluding carboxylic acids is 2. The zero-order chi connectivity index (χ0) is 13.5. The second-order valence-corrected chi connectivity index (χ2v) is 4.25. The fourth-order valence-corrected chi connectivity index (χ4v) is 1.61. The van der Waals surface area contributed by atoms with Crippen molar-refractivity contribution in [2.24, 2.45) is 5.73 Å². The van der Waals surface area contributed by atoms with Crippen LogP contribution in [0.4, 0.5) is 0 Å². The third-order valence-corrected chi connectivity index (χ3v) is 2.53. The summed E-state index contributed by atoms with van der Waals surface area (Å²) in [5.41, 5.74) is 6.07. The van der Waals surface area contributed by atoms with Crippen LogP contribution >= 0.6 is 11.6 Å². The molecule has 1 rings (SSSR count). The predicted molar refractivity (Wildman–Crippen MR) is 67.9 cm³/mol. The Bertz CT molecular complexity index is 420. The summed E-state index contributed by atoms with van der Waals surface area (Å²) in [6.45, 7) is 0.439. The summed E-state index contributed by atoms with van der Waals surface area (Å²) < 4.78 is 4.57. The van der Waals surface area contributed by atoms with Crippen LogP contribution in [0.25, 0.3) is 0 Å². The number of rotatable bonds is 6. The summed E-state index contributed by atoms with van der Waals surface area (Å²) in [6, 6.07) is 7.15. The van der Waals surface area contributed by atoms with Crippen LogP contribution in [0.1, 0.15) is 5.56 Å². The zero-order valence-electron chi connectivity index (χ0n) is 10.1. The van der Waals surface area contributed by atoms with Crippen molar-refractivity contribution in [2.45, 2.75) is 6.54 Å². The predicted octanol–water partition coefficient (Wildman–Crippen LogP) is 0.800. The minimum Gasteiger partial charge on any atom is -0.468 e. The molecule has 0 heterocycles. The highest BCUT2D eigenvalue weighted by Gasteiger charge is 2.13. The molecule has 0 atom stereocenters. The molecule has 0 aliphatic rings. The molecule has 0 saturated carbocycles. The van der Waals surface area contributed by atoms with Crippen molar-refractivity contribution in [1.82, 2.24) is 4.90 Å². The van der Waals surface area contributed by atoms with Gasteiger partial charge in [-0.05, 0) is 17.7 Å². The van der Waals surface area contributed by atoms with E-state index in [-0.39, 0.29) is 13.1 Å². The highest BCUT2D eigenvalue weighted by atomic mass is 35.5. The maximum absolute atomic E-state index is 11.2. The molecule has 0 bridgehead atoms. The van der Waals surface area contributed by atoms with Gasteiger partial charge < -0.3 is 10.5 Å². The number of amides is 1. The van der Waals surface area contributed by atoms with E-state index in [2.05, 4.69) is 4.74 Å². The van der Waals surface area contributed by atoms with Crippen molar-refractivity contribution in [1.29, 1.82) is 0 Å². The van der Waals surface area contributed by atoms with Crippen LogP contribution in [0, 0.1) is 0 Å². The van der Waals surface area contributed by atoms with E-state index >= 15 is 0 Å². The molecule has 1 aromatic carbocycles. The number of nitrogens with two attached hydrogens (primary N) is 1. The molecule has 0 aliphatic heterocycles. The van der Waals surface area contributed by atoms with E-state index in [1.807, 2.05) is 12.1 Å². The van der Waals surface area contributed by atoms with Crippen LogP contribution in [-0.4, -0.2) is 37.0 Å². The third-order valence-electron chi connectivity index (χ3n) is 2.28. The number of esters is 1. The topological polar surface area (TPSA) is 72.6 Å². The van der Waals surface area contributed by atoms with E-state index in [0.717, 1.165) is 5.56 Å². The van der Waals surface area contributed by atoms with E-state index in [1.165, 1.54) is 7.11 Å². The average molecular weight is 271 g/mol. The fourth-order valence-electron chi connectivity index (χ4n) is 1.48. The van der Waals surface area contributed by atoms with Gasteiger partial charge in [-0.25, -0.2) is 0 Å². The first-order valence-electron chi connectivity index (χ1n) is 5.33. The number of carbonyl (C=O) groups is 2. The van der Waals surface area contributed by atoms with E-state index in [0.29, 0.717) is 11.6 Å². The Balaban J connectivity index is 2.67. The number of ether oxygens (including phenoxy) is 1. The first-order chi connectivity index (χ1) is 8.51. The molecule has 18 heavy (non-hydrogen) atoms. The molecule has 0 aromatic heterocycles. The van der Waals surface area contributed by atoms with Crippen molar-refractivity contribution < 1.29 is 14.3 Å². The Labute approximate surface area is 110 Å². The van der Waals surface area contributed by atoms with Crippen molar-refractivity contribution in [3.05, 3.63) is 34.9 Å². The van der Waals surface area contributed by atoms with Gasteiger partial charge in [0.15, 0.2) is 0 Å². The minimum atomic E-state index is -0.493. The molecule has 0 saturated heterocycles. The molecular formula is C12H15ClN2O3. The van der Waals surface area contributed by atoms with Crippen LogP contribution in [-0.2, 0) is 20.9 Å². The van der Waals surface area contributed by atoms with Crippen molar-refractivity contribution in [3.8, 4) is 0 Å². The lowest BCUT2D eigenvalue weighted by Crippen LogP contribution is -2.37. The summed E-state index contributed by atoms with van der Waals surface area (Å²) >= 11 is 5.78. The van der Waals surface area contributed by atoms with Gasteiger partial charge >= 0.3 is 5.97 Å². The van der Waals surface area contributed by atoms with Crippen LogP contribution in [0.3, 0.4) is 0 Å². The van der Waals surface area contributed by atoms with E-state index in [4.69, 9.17) is 17.3 Å². The molecule has 2 N–H and O–H groups in total. The molecule has 0 aliphatic carbocycles. The molecule has 1 aromatic rings. The third kappa shape index (κ3) is 5.16. The molecule has 5 nitrogen and oxygen atoms in total. The number of nitrogens with zero attached hydrogens (tertiary/aromatic N) is 1.